The predicted molar refractivity (Wildman–Crippen MR) is 136 cm³/mol. The monoisotopic (exact) mass is 509 g/mol. The van der Waals surface area contributed by atoms with Crippen molar-refractivity contribution in [3.05, 3.63) is 78.1 Å². The van der Waals surface area contributed by atoms with Crippen LogP contribution in [-0.2, 0) is 11.0 Å². The Hall–Kier alpha value is -4.18. The van der Waals surface area contributed by atoms with Gasteiger partial charge in [0.15, 0.2) is 5.65 Å². The van der Waals surface area contributed by atoms with Crippen molar-refractivity contribution in [2.75, 3.05) is 32.5 Å². The molecule has 2 heterocycles. The van der Waals surface area contributed by atoms with Crippen molar-refractivity contribution in [3.63, 3.8) is 0 Å². The molecule has 0 unspecified atom stereocenters. The highest BCUT2D eigenvalue weighted by Gasteiger charge is 2.30. The Kier molecular flexibility index (Phi) is 7.30. The van der Waals surface area contributed by atoms with Gasteiger partial charge in [-0.1, -0.05) is 24.3 Å². The zero-order valence-electron chi connectivity index (χ0n) is 20.6. The number of hydrogen-bond acceptors (Lipinski definition) is 4. The zero-order valence-corrected chi connectivity index (χ0v) is 20.6. The molecule has 0 aliphatic heterocycles. The molecule has 0 radical (unpaired) electrons. The quantitative estimate of drug-likeness (QED) is 0.370. The molecule has 2 N–H and O–H groups in total. The first-order valence-electron chi connectivity index (χ1n) is 11.5. The van der Waals surface area contributed by atoms with E-state index in [1.807, 2.05) is 25.1 Å². The van der Waals surface area contributed by atoms with Gasteiger partial charge in [0.05, 0.1) is 23.1 Å². The Morgan fingerprint density at radius 3 is 2.43 bits per heavy atom. The number of carbonyl (C=O) groups is 2. The summed E-state index contributed by atoms with van der Waals surface area (Å²) in [5.74, 6) is -0.546. The highest BCUT2D eigenvalue weighted by molar-refractivity contribution is 5.97. The fourth-order valence-electron chi connectivity index (χ4n) is 3.93. The molecule has 4 rings (SSSR count). The summed E-state index contributed by atoms with van der Waals surface area (Å²) in [7, 11) is 3.83. The molecule has 2 aromatic carbocycles. The molecule has 0 saturated heterocycles. The number of alkyl halides is 3. The fraction of sp³-hybridized carbons (Fsp3) is 0.222. The minimum Gasteiger partial charge on any atom is -0.351 e. The van der Waals surface area contributed by atoms with E-state index in [1.54, 1.807) is 40.9 Å². The number of benzene rings is 2. The first-order chi connectivity index (χ1) is 17.5. The van der Waals surface area contributed by atoms with Crippen molar-refractivity contribution in [1.29, 1.82) is 0 Å². The van der Waals surface area contributed by atoms with Crippen LogP contribution in [0, 0.1) is 0 Å². The Morgan fingerprint density at radius 1 is 1.00 bits per heavy atom. The highest BCUT2D eigenvalue weighted by Crippen LogP contribution is 2.34. The van der Waals surface area contributed by atoms with Crippen LogP contribution < -0.4 is 10.6 Å². The second-order valence-corrected chi connectivity index (χ2v) is 8.88. The molecule has 2 aromatic heterocycles. The lowest BCUT2D eigenvalue weighted by atomic mass is 10.0. The minimum atomic E-state index is -4.49. The van der Waals surface area contributed by atoms with Gasteiger partial charge in [0.2, 0.25) is 5.91 Å². The number of nitrogens with zero attached hydrogens (tertiary/aromatic N) is 3. The maximum atomic E-state index is 13.3. The molecule has 4 aromatic rings. The lowest BCUT2D eigenvalue weighted by Gasteiger charge is -2.13. The van der Waals surface area contributed by atoms with E-state index in [4.69, 9.17) is 0 Å². The first-order valence-corrected chi connectivity index (χ1v) is 11.5. The normalized spacial score (nSPS) is 11.6. The van der Waals surface area contributed by atoms with Crippen molar-refractivity contribution in [3.8, 4) is 22.4 Å². The van der Waals surface area contributed by atoms with Crippen LogP contribution >= 0.6 is 0 Å². The van der Waals surface area contributed by atoms with Crippen molar-refractivity contribution in [2.24, 2.45) is 0 Å². The van der Waals surface area contributed by atoms with Crippen molar-refractivity contribution >= 4 is 23.1 Å². The van der Waals surface area contributed by atoms with E-state index in [2.05, 4.69) is 15.6 Å². The number of rotatable bonds is 7. The van der Waals surface area contributed by atoms with Crippen LogP contribution in [0.3, 0.4) is 0 Å². The van der Waals surface area contributed by atoms with Gasteiger partial charge in [0, 0.05) is 42.9 Å². The standard InChI is InChI=1S/C27H26F3N5O2/c1-17(36)33-23-14-21(18-6-4-8-20(12-18)26(37)31-10-11-34(2)3)16-35-24(15-32-25(23)35)19-7-5-9-22(13-19)27(28,29)30/h4-9,12-16H,10-11H2,1-3H3,(H,31,37)(H,33,36). The number of nitrogens with one attached hydrogen (secondary N) is 2. The van der Waals surface area contributed by atoms with E-state index in [-0.39, 0.29) is 11.8 Å². The average Bonchev–Trinajstić information content (AvgIpc) is 3.27. The Bertz CT molecular complexity index is 1460. The smallest absolute Gasteiger partial charge is 0.351 e. The lowest BCUT2D eigenvalue weighted by Crippen LogP contribution is -2.31. The number of pyridine rings is 1. The van der Waals surface area contributed by atoms with Gasteiger partial charge in [0.25, 0.3) is 5.91 Å². The van der Waals surface area contributed by atoms with Gasteiger partial charge in [-0.2, -0.15) is 13.2 Å². The second kappa shape index (κ2) is 10.4. The van der Waals surface area contributed by atoms with Gasteiger partial charge in [-0.15, -0.1) is 0 Å². The fourth-order valence-corrected chi connectivity index (χ4v) is 3.93. The minimum absolute atomic E-state index is 0.223. The van der Waals surface area contributed by atoms with Crippen LogP contribution in [0.1, 0.15) is 22.8 Å². The Balaban J connectivity index is 1.79. The number of hydrogen-bond donors (Lipinski definition) is 2. The van der Waals surface area contributed by atoms with Crippen LogP contribution in [0.25, 0.3) is 28.0 Å². The number of carbonyl (C=O) groups excluding carboxylic acids is 2. The maximum Gasteiger partial charge on any atom is 0.416 e. The summed E-state index contributed by atoms with van der Waals surface area (Å²) in [5.41, 5.74) is 2.54. The van der Waals surface area contributed by atoms with E-state index >= 15 is 0 Å². The van der Waals surface area contributed by atoms with Gasteiger partial charge < -0.3 is 15.5 Å². The number of fused-ring (bicyclic) bond motifs is 1. The summed E-state index contributed by atoms with van der Waals surface area (Å²) in [4.78, 5) is 30.9. The molecular formula is C27H26F3N5O2. The third kappa shape index (κ3) is 5.97. The molecule has 0 atom stereocenters. The van der Waals surface area contributed by atoms with Crippen LogP contribution in [0.15, 0.2) is 67.0 Å². The van der Waals surface area contributed by atoms with Crippen molar-refractivity contribution < 1.29 is 22.8 Å². The third-order valence-corrected chi connectivity index (χ3v) is 5.70. The predicted octanol–water partition coefficient (Wildman–Crippen LogP) is 4.94. The van der Waals surface area contributed by atoms with Gasteiger partial charge >= 0.3 is 6.18 Å². The first kappa shape index (κ1) is 25.9. The molecular weight excluding hydrogens is 483 g/mol. The topological polar surface area (TPSA) is 78.7 Å². The largest absolute Gasteiger partial charge is 0.416 e. The molecule has 2 amide bonds. The Labute approximate surface area is 211 Å². The molecule has 192 valence electrons. The van der Waals surface area contributed by atoms with Gasteiger partial charge in [0.1, 0.15) is 0 Å². The average molecular weight is 510 g/mol. The molecule has 10 heteroatoms. The molecule has 0 bridgehead atoms. The van der Waals surface area contributed by atoms with E-state index in [9.17, 15) is 22.8 Å². The van der Waals surface area contributed by atoms with Crippen LogP contribution in [0.4, 0.5) is 18.9 Å². The highest BCUT2D eigenvalue weighted by atomic mass is 19.4. The van der Waals surface area contributed by atoms with Gasteiger partial charge in [-0.05, 0) is 50.0 Å². The number of likely N-dealkylation sites (N-methyl/N-ethyl adjacent to an activating group) is 1. The molecule has 0 aliphatic rings. The number of imidazole rings is 1. The number of anilines is 1. The van der Waals surface area contributed by atoms with E-state index in [1.165, 1.54) is 19.2 Å². The van der Waals surface area contributed by atoms with E-state index in [0.717, 1.165) is 12.1 Å². The summed E-state index contributed by atoms with van der Waals surface area (Å²) >= 11 is 0. The summed E-state index contributed by atoms with van der Waals surface area (Å²) in [6.07, 6.45) is -1.29. The van der Waals surface area contributed by atoms with Crippen LogP contribution in [0.5, 0.6) is 0 Å². The van der Waals surface area contributed by atoms with E-state index in [0.29, 0.717) is 52.4 Å². The molecule has 0 spiro atoms. The Morgan fingerprint density at radius 2 is 1.73 bits per heavy atom. The zero-order chi connectivity index (χ0) is 26.7. The van der Waals surface area contributed by atoms with Crippen LogP contribution in [0.2, 0.25) is 0 Å². The van der Waals surface area contributed by atoms with Crippen molar-refractivity contribution in [2.45, 2.75) is 13.1 Å². The van der Waals surface area contributed by atoms with E-state index < -0.39 is 11.7 Å². The summed E-state index contributed by atoms with van der Waals surface area (Å²) in [6.45, 7) is 2.55. The summed E-state index contributed by atoms with van der Waals surface area (Å²) in [6, 6.07) is 13.7. The summed E-state index contributed by atoms with van der Waals surface area (Å²) in [5, 5.41) is 5.62. The SMILES string of the molecule is CC(=O)Nc1cc(-c2cccc(C(=O)NCCN(C)C)c2)cn2c(-c3cccc(C(F)(F)F)c3)cnc12. The van der Waals surface area contributed by atoms with Gasteiger partial charge in [-0.3, -0.25) is 14.0 Å². The molecule has 37 heavy (non-hydrogen) atoms. The molecule has 7 nitrogen and oxygen atoms in total. The number of amides is 2. The number of aromatic nitrogens is 2. The lowest BCUT2D eigenvalue weighted by molar-refractivity contribution is -0.137. The summed E-state index contributed by atoms with van der Waals surface area (Å²) < 4.78 is 41.6. The van der Waals surface area contributed by atoms with Crippen molar-refractivity contribution in [1.82, 2.24) is 19.6 Å². The molecule has 0 saturated carbocycles. The molecule has 0 fully saturated rings. The maximum absolute atomic E-state index is 13.3. The third-order valence-electron chi connectivity index (χ3n) is 5.70. The van der Waals surface area contributed by atoms with Gasteiger partial charge in [-0.25, -0.2) is 4.98 Å². The second-order valence-electron chi connectivity index (χ2n) is 8.88. The molecule has 0 aliphatic carbocycles. The number of halogens is 3. The van der Waals surface area contributed by atoms with Crippen LogP contribution in [-0.4, -0.2) is 53.3 Å².